The van der Waals surface area contributed by atoms with Gasteiger partial charge in [-0.05, 0) is 55.6 Å². The average molecular weight is 690 g/mol. The van der Waals surface area contributed by atoms with E-state index in [4.69, 9.17) is 22.9 Å². The summed E-state index contributed by atoms with van der Waals surface area (Å²) >= 11 is 0. The molecule has 5 atom stereocenters. The fourth-order valence-electron chi connectivity index (χ4n) is 4.79. The molecule has 13 N–H and O–H groups in total. The normalized spacial score (nSPS) is 14.0. The maximum absolute atomic E-state index is 13.5. The number of carbonyl (C=O) groups is 6. The highest BCUT2D eigenvalue weighted by molar-refractivity contribution is 6.01. The Hall–Kier alpha value is -4.96. The Morgan fingerprint density at radius 1 is 0.816 bits per heavy atom. The highest BCUT2D eigenvalue weighted by Crippen LogP contribution is 2.13. The number of aromatic nitrogens is 1. The lowest BCUT2D eigenvalue weighted by Crippen LogP contribution is -2.57. The van der Waals surface area contributed by atoms with Gasteiger partial charge in [0.1, 0.15) is 30.0 Å². The number of nitrogens with two attached hydrogens (primary N) is 4. The predicted octanol–water partition coefficient (Wildman–Crippen LogP) is -0.990. The van der Waals surface area contributed by atoms with Crippen LogP contribution in [-0.4, -0.2) is 83.6 Å². The Kier molecular flexibility index (Phi) is 18.1. The van der Waals surface area contributed by atoms with E-state index in [1.807, 2.05) is 34.6 Å². The lowest BCUT2D eigenvalue weighted by atomic mass is 9.96. The molecule has 49 heavy (non-hydrogen) atoms. The third kappa shape index (κ3) is 15.7. The molecule has 17 nitrogen and oxygen atoms in total. The summed E-state index contributed by atoms with van der Waals surface area (Å²) in [6.07, 6.45) is 2.96. The molecule has 274 valence electrons. The Morgan fingerprint density at radius 3 is 1.98 bits per heavy atom. The van der Waals surface area contributed by atoms with E-state index in [2.05, 4.69) is 36.6 Å². The Morgan fingerprint density at radius 2 is 1.43 bits per heavy atom. The number of hydrogen-bond donors (Lipinski definition) is 9. The zero-order valence-electron chi connectivity index (χ0n) is 29.4. The lowest BCUT2D eigenvalue weighted by molar-refractivity contribution is -0.133. The van der Waals surface area contributed by atoms with E-state index < -0.39 is 66.2 Å². The average Bonchev–Trinajstić information content (AvgIpc) is 3.02. The van der Waals surface area contributed by atoms with Crippen LogP contribution >= 0.6 is 0 Å². The van der Waals surface area contributed by atoms with Gasteiger partial charge in [-0.3, -0.25) is 33.8 Å². The first-order chi connectivity index (χ1) is 23.0. The molecule has 0 radical (unpaired) electrons. The predicted molar refractivity (Wildman–Crippen MR) is 186 cm³/mol. The van der Waals surface area contributed by atoms with Crippen LogP contribution in [0, 0.1) is 17.8 Å². The van der Waals surface area contributed by atoms with E-state index >= 15 is 0 Å². The van der Waals surface area contributed by atoms with Crippen molar-refractivity contribution in [2.45, 2.75) is 97.8 Å². The molecule has 17 heteroatoms. The van der Waals surface area contributed by atoms with Crippen molar-refractivity contribution in [3.8, 4) is 0 Å². The highest BCUT2D eigenvalue weighted by atomic mass is 16.2. The number of anilines is 1. The van der Waals surface area contributed by atoms with Crippen molar-refractivity contribution in [1.29, 1.82) is 0 Å². The zero-order valence-corrected chi connectivity index (χ0v) is 29.4. The first kappa shape index (κ1) is 42.1. The van der Waals surface area contributed by atoms with Crippen molar-refractivity contribution < 1.29 is 28.8 Å². The maximum atomic E-state index is 13.5. The molecule has 0 saturated heterocycles. The summed E-state index contributed by atoms with van der Waals surface area (Å²) in [6, 6.07) is -1.04. The molecule has 1 aromatic heterocycles. The summed E-state index contributed by atoms with van der Waals surface area (Å²) in [6.45, 7) is 10.8. The van der Waals surface area contributed by atoms with Crippen molar-refractivity contribution in [1.82, 2.24) is 31.6 Å². The molecule has 0 unspecified atom stereocenters. The number of nitrogen functional groups attached to an aromatic ring is 1. The molecule has 0 saturated carbocycles. The van der Waals surface area contributed by atoms with Crippen LogP contribution in [0.5, 0.6) is 0 Å². The first-order valence-corrected chi connectivity index (χ1v) is 16.5. The summed E-state index contributed by atoms with van der Waals surface area (Å²) in [7, 11) is 0. The number of primary amides is 1. The summed E-state index contributed by atoms with van der Waals surface area (Å²) in [5.41, 5.74) is 22.2. The number of aliphatic imine (C=N–C) groups is 1. The summed E-state index contributed by atoms with van der Waals surface area (Å²) in [5, 5.41) is 13.1. The molecule has 6 amide bonds. The summed E-state index contributed by atoms with van der Waals surface area (Å²) in [5.74, 6) is -4.25. The minimum Gasteiger partial charge on any atom is -0.383 e. The van der Waals surface area contributed by atoms with E-state index in [0.717, 1.165) is 0 Å². The van der Waals surface area contributed by atoms with E-state index in [-0.39, 0.29) is 54.5 Å². The zero-order chi connectivity index (χ0) is 37.3. The molecule has 0 aliphatic heterocycles. The van der Waals surface area contributed by atoms with Gasteiger partial charge in [0.05, 0.1) is 12.1 Å². The quantitative estimate of drug-likeness (QED) is 0.0431. The van der Waals surface area contributed by atoms with Crippen molar-refractivity contribution in [3.63, 3.8) is 0 Å². The smallest absolute Gasteiger partial charge is 0.255 e. The number of rotatable bonds is 21. The van der Waals surface area contributed by atoms with E-state index in [1.165, 1.54) is 12.3 Å². The van der Waals surface area contributed by atoms with Gasteiger partial charge in [-0.15, -0.1) is 0 Å². The molecule has 1 rings (SSSR count). The molecule has 0 aromatic carbocycles. The Bertz CT molecular complexity index is 1320. The van der Waals surface area contributed by atoms with Crippen LogP contribution in [0.1, 0.15) is 84.0 Å². The molecule has 1 aromatic rings. The SMILES string of the molecule is CC[C@H](C)[C@H](NC(=O)[C@H](CC(C)C)NC(=O)c1cccnc1N)C(=O)NCC(=O)N[C@@H](CCCN=C(N)N)C(=O)N[C@@H](CC(C)C)C(N)=O. The van der Waals surface area contributed by atoms with E-state index in [0.29, 0.717) is 19.3 Å². The van der Waals surface area contributed by atoms with E-state index in [9.17, 15) is 28.8 Å². The van der Waals surface area contributed by atoms with Gasteiger partial charge >= 0.3 is 0 Å². The lowest BCUT2D eigenvalue weighted by Gasteiger charge is -2.27. The molecular formula is C32H55N11O6. The highest BCUT2D eigenvalue weighted by Gasteiger charge is 2.31. The number of guanidine groups is 1. The molecule has 0 bridgehead atoms. The third-order valence-corrected chi connectivity index (χ3v) is 7.59. The standard InChI is InChI=1S/C32H55N11O6/c1-7-19(6)25(43-30(48)23(15-18(4)5)42-28(46)20-10-8-12-37-26(20)33)31(49)39-16-24(44)40-21(11-9-13-38-32(35)36)29(47)41-22(27(34)45)14-17(2)3/h8,10,12,17-19,21-23,25H,7,9,11,13-16H2,1-6H3,(H2,33,37)(H2,34,45)(H,39,49)(H,40,44)(H,41,47)(H,42,46)(H,43,48)(H4,35,36,38)/t19-,21-,22-,23-,25-/m0/s1. The van der Waals surface area contributed by atoms with Gasteiger partial charge in [0.2, 0.25) is 29.5 Å². The number of amides is 6. The van der Waals surface area contributed by atoms with Crippen LogP contribution in [0.25, 0.3) is 0 Å². The number of nitrogens with zero attached hydrogens (tertiary/aromatic N) is 2. The Labute approximate surface area is 287 Å². The number of nitrogens with one attached hydrogen (secondary N) is 5. The van der Waals surface area contributed by atoms with Gasteiger partial charge in [-0.1, -0.05) is 48.0 Å². The molecule has 0 fully saturated rings. The molecular weight excluding hydrogens is 634 g/mol. The number of carbonyl (C=O) groups excluding carboxylic acids is 6. The van der Waals surface area contributed by atoms with Gasteiger partial charge in [0.25, 0.3) is 5.91 Å². The monoisotopic (exact) mass is 689 g/mol. The second-order valence-electron chi connectivity index (χ2n) is 12.8. The van der Waals surface area contributed by atoms with Crippen LogP contribution in [0.2, 0.25) is 0 Å². The largest absolute Gasteiger partial charge is 0.383 e. The van der Waals surface area contributed by atoms with Gasteiger partial charge in [-0.2, -0.15) is 0 Å². The molecule has 1 heterocycles. The van der Waals surface area contributed by atoms with Crippen molar-refractivity contribution in [3.05, 3.63) is 23.9 Å². The van der Waals surface area contributed by atoms with Gasteiger partial charge in [0, 0.05) is 12.7 Å². The van der Waals surface area contributed by atoms with Gasteiger partial charge in [0.15, 0.2) is 5.96 Å². The van der Waals surface area contributed by atoms with Gasteiger partial charge in [-0.25, -0.2) is 4.98 Å². The fraction of sp³-hybridized carbons (Fsp3) is 0.625. The van der Waals surface area contributed by atoms with Crippen molar-refractivity contribution >= 4 is 47.2 Å². The van der Waals surface area contributed by atoms with Crippen LogP contribution < -0.4 is 49.5 Å². The van der Waals surface area contributed by atoms with Crippen molar-refractivity contribution in [2.75, 3.05) is 18.8 Å². The van der Waals surface area contributed by atoms with Crippen molar-refractivity contribution in [2.24, 2.45) is 39.9 Å². The second-order valence-corrected chi connectivity index (χ2v) is 12.8. The van der Waals surface area contributed by atoms with Crippen LogP contribution in [-0.2, 0) is 24.0 Å². The van der Waals surface area contributed by atoms with Crippen LogP contribution in [0.4, 0.5) is 5.82 Å². The molecule has 0 spiro atoms. The fourth-order valence-corrected chi connectivity index (χ4v) is 4.79. The minimum absolute atomic E-state index is 0.00936. The topological polar surface area (TPSA) is 292 Å². The second kappa shape index (κ2) is 21.1. The third-order valence-electron chi connectivity index (χ3n) is 7.59. The summed E-state index contributed by atoms with van der Waals surface area (Å²) < 4.78 is 0. The molecule has 0 aliphatic carbocycles. The maximum Gasteiger partial charge on any atom is 0.255 e. The minimum atomic E-state index is -1.09. The van der Waals surface area contributed by atoms with E-state index in [1.54, 1.807) is 13.0 Å². The van der Waals surface area contributed by atoms with Gasteiger partial charge < -0.3 is 49.5 Å². The number of pyridine rings is 1. The molecule has 0 aliphatic rings. The van der Waals surface area contributed by atoms with Crippen LogP contribution in [0.15, 0.2) is 23.3 Å². The van der Waals surface area contributed by atoms with Crippen LogP contribution in [0.3, 0.4) is 0 Å². The number of hydrogen-bond acceptors (Lipinski definition) is 9. The Balaban J connectivity index is 3.03. The first-order valence-electron chi connectivity index (χ1n) is 16.5. The summed E-state index contributed by atoms with van der Waals surface area (Å²) in [4.78, 5) is 85.6.